The van der Waals surface area contributed by atoms with Gasteiger partial charge in [0.05, 0.1) is 5.56 Å². The van der Waals surface area contributed by atoms with E-state index in [1.807, 2.05) is 12.1 Å². The molecule has 0 saturated carbocycles. The van der Waals surface area contributed by atoms with Crippen molar-refractivity contribution < 1.29 is 13.2 Å². The Morgan fingerprint density at radius 1 is 0.950 bits per heavy atom. The molecule has 20 heavy (non-hydrogen) atoms. The van der Waals surface area contributed by atoms with Crippen molar-refractivity contribution in [2.24, 2.45) is 0 Å². The van der Waals surface area contributed by atoms with E-state index < -0.39 is 11.7 Å². The van der Waals surface area contributed by atoms with E-state index in [2.05, 4.69) is 15.5 Å². The molecule has 3 rings (SSSR count). The lowest BCUT2D eigenvalue weighted by atomic mass is 10.2. The lowest BCUT2D eigenvalue weighted by molar-refractivity contribution is -0.137. The summed E-state index contributed by atoms with van der Waals surface area (Å²) < 4.78 is 39.1. The third-order valence-corrected chi connectivity index (χ3v) is 2.78. The van der Waals surface area contributed by atoms with Gasteiger partial charge in [-0.2, -0.15) is 13.2 Å². The van der Waals surface area contributed by atoms with E-state index in [0.29, 0.717) is 17.3 Å². The van der Waals surface area contributed by atoms with Gasteiger partial charge in [0.25, 0.3) is 0 Å². The fraction of sp³-hybridized carbons (Fsp3) is 0.0769. The van der Waals surface area contributed by atoms with Crippen LogP contribution in [0.4, 0.5) is 24.8 Å². The van der Waals surface area contributed by atoms with Gasteiger partial charge in [0.2, 0.25) is 5.95 Å². The maximum Gasteiger partial charge on any atom is 0.416 e. The normalized spacial score (nSPS) is 11.8. The maximum absolute atomic E-state index is 12.5. The Morgan fingerprint density at radius 3 is 2.40 bits per heavy atom. The molecule has 2 heterocycles. The second-order valence-electron chi connectivity index (χ2n) is 4.15. The summed E-state index contributed by atoms with van der Waals surface area (Å²) in [6, 6.07) is 10.2. The molecule has 0 fully saturated rings. The third kappa shape index (κ3) is 2.29. The van der Waals surface area contributed by atoms with E-state index in [1.54, 1.807) is 16.7 Å². The molecule has 0 atom stereocenters. The van der Waals surface area contributed by atoms with Gasteiger partial charge in [-0.25, -0.2) is 0 Å². The number of rotatable bonds is 2. The highest BCUT2D eigenvalue weighted by molar-refractivity contribution is 5.57. The van der Waals surface area contributed by atoms with Crippen LogP contribution in [-0.4, -0.2) is 14.6 Å². The van der Waals surface area contributed by atoms with Crippen LogP contribution in [0.5, 0.6) is 0 Å². The Bertz CT molecular complexity index is 731. The number of hydrogen-bond acceptors (Lipinski definition) is 3. The number of hydrogen-bond donors (Lipinski definition) is 1. The van der Waals surface area contributed by atoms with E-state index in [-0.39, 0.29) is 0 Å². The lowest BCUT2D eigenvalue weighted by Gasteiger charge is -2.08. The molecule has 0 bridgehead atoms. The average molecular weight is 278 g/mol. The molecule has 1 aromatic carbocycles. The number of halogens is 3. The molecule has 4 nitrogen and oxygen atoms in total. The van der Waals surface area contributed by atoms with Crippen molar-refractivity contribution in [3.8, 4) is 0 Å². The van der Waals surface area contributed by atoms with Crippen LogP contribution >= 0.6 is 0 Å². The van der Waals surface area contributed by atoms with Crippen LogP contribution in [0.1, 0.15) is 5.56 Å². The Kier molecular flexibility index (Phi) is 2.81. The number of benzene rings is 1. The summed E-state index contributed by atoms with van der Waals surface area (Å²) in [6.45, 7) is 0. The highest BCUT2D eigenvalue weighted by Crippen LogP contribution is 2.30. The van der Waals surface area contributed by atoms with Crippen molar-refractivity contribution in [2.45, 2.75) is 6.18 Å². The summed E-state index contributed by atoms with van der Waals surface area (Å²) in [5.74, 6) is 0.445. The van der Waals surface area contributed by atoms with Crippen molar-refractivity contribution in [3.05, 3.63) is 54.2 Å². The molecular formula is C13H9F3N4. The van der Waals surface area contributed by atoms with Crippen molar-refractivity contribution >= 4 is 17.3 Å². The molecule has 0 aliphatic heterocycles. The first-order valence-corrected chi connectivity index (χ1v) is 5.78. The third-order valence-electron chi connectivity index (χ3n) is 2.78. The average Bonchev–Trinajstić information content (AvgIpc) is 2.82. The summed E-state index contributed by atoms with van der Waals surface area (Å²) in [6.07, 6.45) is -2.57. The second-order valence-corrected chi connectivity index (χ2v) is 4.15. The number of pyridine rings is 1. The highest BCUT2D eigenvalue weighted by Gasteiger charge is 2.29. The predicted molar refractivity (Wildman–Crippen MR) is 67.7 cm³/mol. The van der Waals surface area contributed by atoms with Gasteiger partial charge in [-0.1, -0.05) is 6.07 Å². The number of aromatic nitrogens is 3. The van der Waals surface area contributed by atoms with Crippen molar-refractivity contribution in [2.75, 3.05) is 5.32 Å². The SMILES string of the molecule is FC(F)(F)c1ccc(Nc2nnc3ccccn23)cc1. The Balaban J connectivity index is 1.88. The van der Waals surface area contributed by atoms with Gasteiger partial charge in [-0.3, -0.25) is 4.40 Å². The molecule has 0 amide bonds. The van der Waals surface area contributed by atoms with E-state index in [4.69, 9.17) is 0 Å². The zero-order chi connectivity index (χ0) is 14.2. The van der Waals surface area contributed by atoms with Crippen LogP contribution in [0.3, 0.4) is 0 Å². The van der Waals surface area contributed by atoms with Crippen LogP contribution < -0.4 is 5.32 Å². The van der Waals surface area contributed by atoms with Crippen LogP contribution in [0.25, 0.3) is 5.65 Å². The predicted octanol–water partition coefficient (Wildman–Crippen LogP) is 3.49. The van der Waals surface area contributed by atoms with Crippen LogP contribution in [-0.2, 0) is 6.18 Å². The van der Waals surface area contributed by atoms with Gasteiger partial charge in [-0.15, -0.1) is 10.2 Å². The first-order valence-electron chi connectivity index (χ1n) is 5.78. The number of alkyl halides is 3. The van der Waals surface area contributed by atoms with Gasteiger partial charge in [0, 0.05) is 11.9 Å². The number of nitrogens with zero attached hydrogens (tertiary/aromatic N) is 3. The topological polar surface area (TPSA) is 42.2 Å². The fourth-order valence-electron chi connectivity index (χ4n) is 1.80. The zero-order valence-electron chi connectivity index (χ0n) is 10.1. The molecule has 0 radical (unpaired) electrons. The molecule has 0 unspecified atom stereocenters. The number of nitrogens with one attached hydrogen (secondary N) is 1. The molecule has 2 aromatic heterocycles. The number of fused-ring (bicyclic) bond motifs is 1. The number of anilines is 2. The summed E-state index contributed by atoms with van der Waals surface area (Å²) in [5, 5.41) is 10.8. The van der Waals surface area contributed by atoms with Crippen LogP contribution in [0, 0.1) is 0 Å². The molecule has 1 N–H and O–H groups in total. The fourth-order valence-corrected chi connectivity index (χ4v) is 1.80. The molecule has 0 spiro atoms. The zero-order valence-corrected chi connectivity index (χ0v) is 10.1. The first kappa shape index (κ1) is 12.5. The van der Waals surface area contributed by atoms with E-state index in [9.17, 15) is 13.2 Å². The van der Waals surface area contributed by atoms with E-state index in [1.165, 1.54) is 12.1 Å². The molecule has 0 aliphatic carbocycles. The van der Waals surface area contributed by atoms with E-state index in [0.717, 1.165) is 12.1 Å². The summed E-state index contributed by atoms with van der Waals surface area (Å²) in [7, 11) is 0. The van der Waals surface area contributed by atoms with Gasteiger partial charge < -0.3 is 5.32 Å². The summed E-state index contributed by atoms with van der Waals surface area (Å²) in [4.78, 5) is 0. The second kappa shape index (κ2) is 4.52. The molecule has 7 heteroatoms. The van der Waals surface area contributed by atoms with Crippen molar-refractivity contribution in [1.29, 1.82) is 0 Å². The molecular weight excluding hydrogens is 269 g/mol. The monoisotopic (exact) mass is 278 g/mol. The maximum atomic E-state index is 12.5. The highest BCUT2D eigenvalue weighted by atomic mass is 19.4. The smallest absolute Gasteiger partial charge is 0.324 e. The van der Waals surface area contributed by atoms with Crippen LogP contribution in [0.15, 0.2) is 48.7 Å². The Labute approximate surface area is 111 Å². The molecule has 0 aliphatic rings. The summed E-state index contributed by atoms with van der Waals surface area (Å²) >= 11 is 0. The standard InChI is InChI=1S/C13H9F3N4/c14-13(15,16)9-4-6-10(7-5-9)17-12-19-18-11-3-1-2-8-20(11)12/h1-8H,(H,17,19). The lowest BCUT2D eigenvalue weighted by Crippen LogP contribution is -2.04. The minimum atomic E-state index is -4.33. The summed E-state index contributed by atoms with van der Waals surface area (Å²) in [5.41, 5.74) is 0.479. The van der Waals surface area contributed by atoms with E-state index >= 15 is 0 Å². The van der Waals surface area contributed by atoms with Crippen LogP contribution in [0.2, 0.25) is 0 Å². The Morgan fingerprint density at radius 2 is 1.70 bits per heavy atom. The molecule has 3 aromatic rings. The van der Waals surface area contributed by atoms with Gasteiger partial charge in [0.15, 0.2) is 5.65 Å². The van der Waals surface area contributed by atoms with Gasteiger partial charge >= 0.3 is 6.18 Å². The minimum absolute atomic E-state index is 0.445. The first-order chi connectivity index (χ1) is 9.54. The largest absolute Gasteiger partial charge is 0.416 e. The van der Waals surface area contributed by atoms with Gasteiger partial charge in [0.1, 0.15) is 0 Å². The minimum Gasteiger partial charge on any atom is -0.324 e. The molecule has 0 saturated heterocycles. The quantitative estimate of drug-likeness (QED) is 0.780. The van der Waals surface area contributed by atoms with Crippen molar-refractivity contribution in [1.82, 2.24) is 14.6 Å². The van der Waals surface area contributed by atoms with Gasteiger partial charge in [-0.05, 0) is 36.4 Å². The Hall–Kier alpha value is -2.57. The van der Waals surface area contributed by atoms with Crippen molar-refractivity contribution in [3.63, 3.8) is 0 Å². The molecule has 102 valence electrons.